The number of benzene rings is 2. The second-order valence-electron chi connectivity index (χ2n) is 9.48. The highest BCUT2D eigenvalue weighted by atomic mass is 19.3. The van der Waals surface area contributed by atoms with E-state index in [0.29, 0.717) is 25.9 Å². The number of alkyl halides is 2. The van der Waals surface area contributed by atoms with Gasteiger partial charge in [0.25, 0.3) is 5.92 Å². The molecule has 4 nitrogen and oxygen atoms in total. The molecule has 2 heterocycles. The molecule has 0 atom stereocenters. The summed E-state index contributed by atoms with van der Waals surface area (Å²) in [5, 5.41) is 0. The molecule has 0 bridgehead atoms. The third-order valence-electron chi connectivity index (χ3n) is 7.23. The minimum absolute atomic E-state index is 0.107. The first-order valence-electron chi connectivity index (χ1n) is 12.2. The summed E-state index contributed by atoms with van der Waals surface area (Å²) in [6, 6.07) is 18.4. The monoisotopic (exact) mass is 457 g/mol. The van der Waals surface area contributed by atoms with Crippen LogP contribution in [-0.4, -0.2) is 80.1 Å². The van der Waals surface area contributed by atoms with Crippen LogP contribution in [0.2, 0.25) is 0 Å². The minimum Gasteiger partial charge on any atom is -0.496 e. The Morgan fingerprint density at radius 2 is 1.45 bits per heavy atom. The van der Waals surface area contributed by atoms with E-state index in [9.17, 15) is 0 Å². The first kappa shape index (κ1) is 24.1. The van der Waals surface area contributed by atoms with Gasteiger partial charge in [-0.3, -0.25) is 9.80 Å². The van der Waals surface area contributed by atoms with Gasteiger partial charge >= 0.3 is 0 Å². The zero-order valence-electron chi connectivity index (χ0n) is 19.8. The molecule has 0 aromatic heterocycles. The van der Waals surface area contributed by atoms with Gasteiger partial charge in [-0.2, -0.15) is 0 Å². The molecule has 0 unspecified atom stereocenters. The van der Waals surface area contributed by atoms with Crippen LogP contribution in [0.25, 0.3) is 0 Å². The topological polar surface area (TPSA) is 19.0 Å². The maximum atomic E-state index is 15.1. The lowest BCUT2D eigenvalue weighted by Gasteiger charge is -2.40. The normalized spacial score (nSPS) is 19.6. The molecule has 180 valence electrons. The van der Waals surface area contributed by atoms with Crippen molar-refractivity contribution in [3.63, 3.8) is 0 Å². The minimum atomic E-state index is -2.61. The summed E-state index contributed by atoms with van der Waals surface area (Å²) in [6.45, 7) is 6.22. The maximum absolute atomic E-state index is 15.1. The summed E-state index contributed by atoms with van der Waals surface area (Å²) >= 11 is 0. The van der Waals surface area contributed by atoms with Crippen LogP contribution in [-0.2, 0) is 13.0 Å². The average molecular weight is 458 g/mol. The van der Waals surface area contributed by atoms with Gasteiger partial charge in [0.1, 0.15) is 5.75 Å². The molecule has 0 N–H and O–H groups in total. The number of nitrogens with zero attached hydrogens (tertiary/aromatic N) is 3. The van der Waals surface area contributed by atoms with Gasteiger partial charge in [0, 0.05) is 50.7 Å². The predicted molar refractivity (Wildman–Crippen MR) is 129 cm³/mol. The highest BCUT2D eigenvalue weighted by Crippen LogP contribution is 2.34. The van der Waals surface area contributed by atoms with E-state index in [0.717, 1.165) is 57.0 Å². The zero-order chi connectivity index (χ0) is 23.1. The Labute approximate surface area is 197 Å². The van der Waals surface area contributed by atoms with Crippen LogP contribution >= 0.6 is 0 Å². The Hall–Kier alpha value is -2.02. The first-order valence-corrected chi connectivity index (χ1v) is 12.2. The highest BCUT2D eigenvalue weighted by Gasteiger charge is 2.42. The number of piperidine rings is 1. The largest absolute Gasteiger partial charge is 0.496 e. The second-order valence-corrected chi connectivity index (χ2v) is 9.48. The molecule has 2 fully saturated rings. The van der Waals surface area contributed by atoms with Gasteiger partial charge in [0.15, 0.2) is 0 Å². The fourth-order valence-corrected chi connectivity index (χ4v) is 5.12. The van der Waals surface area contributed by atoms with E-state index < -0.39 is 11.8 Å². The number of halogens is 2. The summed E-state index contributed by atoms with van der Waals surface area (Å²) in [4.78, 5) is 6.63. The van der Waals surface area contributed by atoms with Gasteiger partial charge in [0.05, 0.1) is 13.7 Å². The number of para-hydroxylation sites is 1. The van der Waals surface area contributed by atoms with Crippen LogP contribution in [0.5, 0.6) is 5.75 Å². The quantitative estimate of drug-likeness (QED) is 0.556. The van der Waals surface area contributed by atoms with Gasteiger partial charge in [-0.1, -0.05) is 48.5 Å². The van der Waals surface area contributed by atoms with Crippen LogP contribution in [0.4, 0.5) is 8.78 Å². The molecule has 0 saturated carbocycles. The number of methoxy groups -OCH3 is 1. The lowest BCUT2D eigenvalue weighted by molar-refractivity contribution is -0.103. The Balaban J connectivity index is 1.19. The molecule has 2 aromatic rings. The standard InChI is InChI=1S/C27H37F2N3O/c1-33-26-10-6-5-9-24(26)21-31-17-19-32(20-18-31)22-27(28,29)25-12-15-30(16-13-25)14-11-23-7-3-2-4-8-23/h2-10,25H,11-22H2,1H3. The molecule has 2 saturated heterocycles. The van der Waals surface area contributed by atoms with Gasteiger partial charge in [0.2, 0.25) is 0 Å². The van der Waals surface area contributed by atoms with Gasteiger partial charge in [-0.15, -0.1) is 0 Å². The van der Waals surface area contributed by atoms with E-state index in [2.05, 4.69) is 40.1 Å². The third kappa shape index (κ3) is 6.75. The number of hydrogen-bond donors (Lipinski definition) is 0. The van der Waals surface area contributed by atoms with E-state index >= 15 is 8.78 Å². The number of hydrogen-bond acceptors (Lipinski definition) is 4. The second kappa shape index (κ2) is 11.4. The molecule has 6 heteroatoms. The number of piperazine rings is 1. The SMILES string of the molecule is COc1ccccc1CN1CCN(CC(F)(F)C2CCN(CCc3ccccc3)CC2)CC1. The summed E-state index contributed by atoms with van der Waals surface area (Å²) in [7, 11) is 1.69. The fraction of sp³-hybridized carbons (Fsp3) is 0.556. The Morgan fingerprint density at radius 3 is 2.15 bits per heavy atom. The van der Waals surface area contributed by atoms with Crippen molar-refractivity contribution in [2.75, 3.05) is 59.5 Å². The van der Waals surface area contributed by atoms with E-state index in [-0.39, 0.29) is 6.54 Å². The van der Waals surface area contributed by atoms with E-state index in [1.54, 1.807) is 7.11 Å². The molecule has 0 spiro atoms. The van der Waals surface area contributed by atoms with Crippen LogP contribution < -0.4 is 4.74 Å². The summed E-state index contributed by atoms with van der Waals surface area (Å²) < 4.78 is 35.7. The predicted octanol–water partition coefficient (Wildman–Crippen LogP) is 4.40. The molecule has 4 rings (SSSR count). The molecule has 2 aromatic carbocycles. The molecule has 0 aliphatic carbocycles. The fourth-order valence-electron chi connectivity index (χ4n) is 5.12. The lowest BCUT2D eigenvalue weighted by atomic mass is 9.89. The Morgan fingerprint density at radius 1 is 0.818 bits per heavy atom. The molecular formula is C27H37F2N3O. The molecule has 33 heavy (non-hydrogen) atoms. The molecular weight excluding hydrogens is 420 g/mol. The first-order chi connectivity index (χ1) is 16.0. The van der Waals surface area contributed by atoms with E-state index in [4.69, 9.17) is 4.74 Å². The average Bonchev–Trinajstić information content (AvgIpc) is 2.85. The number of likely N-dealkylation sites (tertiary alicyclic amines) is 1. The van der Waals surface area contributed by atoms with Crippen molar-refractivity contribution in [2.24, 2.45) is 5.92 Å². The van der Waals surface area contributed by atoms with E-state index in [1.165, 1.54) is 5.56 Å². The molecule has 2 aliphatic heterocycles. The lowest BCUT2D eigenvalue weighted by Crippen LogP contribution is -2.52. The Kier molecular flexibility index (Phi) is 8.34. The number of rotatable bonds is 9. The van der Waals surface area contributed by atoms with Gasteiger partial charge in [-0.05, 0) is 44.0 Å². The Bertz CT molecular complexity index is 847. The molecule has 0 amide bonds. The van der Waals surface area contributed by atoms with Crippen molar-refractivity contribution < 1.29 is 13.5 Å². The molecule has 2 aliphatic rings. The van der Waals surface area contributed by atoms with Gasteiger partial charge < -0.3 is 9.64 Å². The van der Waals surface area contributed by atoms with Crippen molar-refractivity contribution in [3.05, 3.63) is 65.7 Å². The third-order valence-corrected chi connectivity index (χ3v) is 7.23. The zero-order valence-corrected chi connectivity index (χ0v) is 19.8. The molecule has 0 radical (unpaired) electrons. The van der Waals surface area contributed by atoms with Crippen LogP contribution in [0, 0.1) is 5.92 Å². The van der Waals surface area contributed by atoms with Crippen molar-refractivity contribution >= 4 is 0 Å². The summed E-state index contributed by atoms with van der Waals surface area (Å²) in [5.74, 6) is -2.23. The number of ether oxygens (including phenoxy) is 1. The smallest absolute Gasteiger partial charge is 0.263 e. The van der Waals surface area contributed by atoms with Crippen molar-refractivity contribution in [3.8, 4) is 5.75 Å². The van der Waals surface area contributed by atoms with Crippen LogP contribution in [0.3, 0.4) is 0 Å². The maximum Gasteiger partial charge on any atom is 0.263 e. The van der Waals surface area contributed by atoms with E-state index in [1.807, 2.05) is 29.2 Å². The van der Waals surface area contributed by atoms with Gasteiger partial charge in [-0.25, -0.2) is 8.78 Å². The van der Waals surface area contributed by atoms with Crippen LogP contribution in [0.1, 0.15) is 24.0 Å². The van der Waals surface area contributed by atoms with Crippen molar-refractivity contribution in [1.82, 2.24) is 14.7 Å². The summed E-state index contributed by atoms with van der Waals surface area (Å²) in [5.41, 5.74) is 2.47. The summed E-state index contributed by atoms with van der Waals surface area (Å²) in [6.07, 6.45) is 2.17. The van der Waals surface area contributed by atoms with Crippen molar-refractivity contribution in [1.29, 1.82) is 0 Å². The van der Waals surface area contributed by atoms with Crippen molar-refractivity contribution in [2.45, 2.75) is 31.7 Å². The highest BCUT2D eigenvalue weighted by molar-refractivity contribution is 5.33. The van der Waals surface area contributed by atoms with Crippen LogP contribution in [0.15, 0.2) is 54.6 Å².